The van der Waals surface area contributed by atoms with Crippen molar-refractivity contribution in [1.29, 1.82) is 0 Å². The average molecular weight is 255 g/mol. The van der Waals surface area contributed by atoms with Gasteiger partial charge in [0.2, 0.25) is 0 Å². The highest BCUT2D eigenvalue weighted by Crippen LogP contribution is 2.21. The number of anilines is 1. The van der Waals surface area contributed by atoms with Crippen LogP contribution in [0.1, 0.15) is 13.8 Å². The van der Waals surface area contributed by atoms with Gasteiger partial charge in [-0.3, -0.25) is 0 Å². The summed E-state index contributed by atoms with van der Waals surface area (Å²) in [5.41, 5.74) is 8.22. The molecule has 0 unspecified atom stereocenters. The zero-order chi connectivity index (χ0) is 13.8. The molecule has 3 aromatic rings. The van der Waals surface area contributed by atoms with Crippen LogP contribution < -0.4 is 5.73 Å². The van der Waals surface area contributed by atoms with Gasteiger partial charge in [-0.1, -0.05) is 44.2 Å². The van der Waals surface area contributed by atoms with Crippen LogP contribution >= 0.6 is 0 Å². The Hall–Kier alpha value is -2.43. The normalized spacial score (nSPS) is 10.1. The molecule has 0 radical (unpaired) electrons. The summed E-state index contributed by atoms with van der Waals surface area (Å²) in [5.74, 6) is 1.04. The number of rotatable bonds is 1. The van der Waals surface area contributed by atoms with Crippen molar-refractivity contribution in [2.24, 2.45) is 7.05 Å². The molecule has 3 rings (SSSR count). The van der Waals surface area contributed by atoms with Crippen LogP contribution in [0.5, 0.6) is 0 Å². The Morgan fingerprint density at radius 1 is 1.05 bits per heavy atom. The van der Waals surface area contributed by atoms with E-state index in [0.29, 0.717) is 17.2 Å². The van der Waals surface area contributed by atoms with Gasteiger partial charge in [0.05, 0.1) is 6.33 Å². The number of benzene rings is 1. The molecule has 0 saturated heterocycles. The third kappa shape index (κ3) is 2.40. The fourth-order valence-corrected chi connectivity index (χ4v) is 1.74. The lowest BCUT2D eigenvalue weighted by Gasteiger charge is -2.02. The van der Waals surface area contributed by atoms with E-state index < -0.39 is 0 Å². The molecule has 1 aromatic carbocycles. The first-order valence-corrected chi connectivity index (χ1v) is 6.25. The Labute approximate surface area is 112 Å². The minimum atomic E-state index is 0.412. The molecule has 0 atom stereocenters. The van der Waals surface area contributed by atoms with Crippen LogP contribution in [0.3, 0.4) is 0 Å². The average Bonchev–Trinajstić information content (AvgIpc) is 2.84. The quantitative estimate of drug-likeness (QED) is 0.725. The second-order valence-electron chi connectivity index (χ2n) is 3.83. The highest BCUT2D eigenvalue weighted by atomic mass is 15.1. The monoisotopic (exact) mass is 255 g/mol. The summed E-state index contributed by atoms with van der Waals surface area (Å²) in [4.78, 5) is 12.9. The maximum atomic E-state index is 5.88. The number of nitrogens with two attached hydrogens (primary N) is 1. The van der Waals surface area contributed by atoms with Crippen molar-refractivity contribution in [1.82, 2.24) is 19.5 Å². The second-order valence-corrected chi connectivity index (χ2v) is 3.83. The second kappa shape index (κ2) is 5.48. The summed E-state index contributed by atoms with van der Waals surface area (Å²) < 4.78 is 1.83. The Bertz CT molecular complexity index is 673. The van der Waals surface area contributed by atoms with Gasteiger partial charge in [0.1, 0.15) is 5.52 Å². The number of imidazole rings is 1. The highest BCUT2D eigenvalue weighted by Gasteiger charge is 2.10. The first kappa shape index (κ1) is 13.0. The van der Waals surface area contributed by atoms with Crippen molar-refractivity contribution in [3.05, 3.63) is 36.7 Å². The smallest absolute Gasteiger partial charge is 0.165 e. The van der Waals surface area contributed by atoms with Gasteiger partial charge in [-0.2, -0.15) is 0 Å². The number of fused-ring (bicyclic) bond motifs is 1. The molecule has 19 heavy (non-hydrogen) atoms. The summed E-state index contributed by atoms with van der Waals surface area (Å²) in [6, 6.07) is 9.76. The predicted octanol–water partition coefficient (Wildman–Crippen LogP) is 2.64. The lowest BCUT2D eigenvalue weighted by atomic mass is 10.2. The Morgan fingerprint density at radius 3 is 2.42 bits per heavy atom. The zero-order valence-electron chi connectivity index (χ0n) is 11.3. The lowest BCUT2D eigenvalue weighted by Crippen LogP contribution is -1.99. The standard InChI is InChI=1S/C12H11N5.C2H6/c1-17-7-14-9-10(13)15-11(16-12(9)17)8-5-3-2-4-6-8;1-2/h2-7H,1H3,(H2,13,15,16);1-2H3. The Kier molecular flexibility index (Phi) is 3.75. The van der Waals surface area contributed by atoms with Gasteiger partial charge in [-0.05, 0) is 0 Å². The summed E-state index contributed by atoms with van der Waals surface area (Å²) in [7, 11) is 1.89. The molecule has 0 aliphatic rings. The van der Waals surface area contributed by atoms with Gasteiger partial charge in [-0.25, -0.2) is 15.0 Å². The summed E-state index contributed by atoms with van der Waals surface area (Å²) in [6.07, 6.45) is 1.68. The van der Waals surface area contributed by atoms with E-state index in [2.05, 4.69) is 15.0 Å². The van der Waals surface area contributed by atoms with Crippen molar-refractivity contribution in [2.75, 3.05) is 5.73 Å². The molecule has 0 fully saturated rings. The molecule has 2 aromatic heterocycles. The van der Waals surface area contributed by atoms with E-state index in [4.69, 9.17) is 5.73 Å². The van der Waals surface area contributed by atoms with Crippen LogP contribution in [0, 0.1) is 0 Å². The van der Waals surface area contributed by atoms with Gasteiger partial charge in [-0.15, -0.1) is 0 Å². The Morgan fingerprint density at radius 2 is 1.74 bits per heavy atom. The molecule has 0 spiro atoms. The van der Waals surface area contributed by atoms with Crippen molar-refractivity contribution in [3.8, 4) is 11.4 Å². The van der Waals surface area contributed by atoms with Crippen molar-refractivity contribution < 1.29 is 0 Å². The lowest BCUT2D eigenvalue weighted by molar-refractivity contribution is 0.929. The van der Waals surface area contributed by atoms with Gasteiger partial charge in [0, 0.05) is 12.6 Å². The number of nitrogen functional groups attached to an aromatic ring is 1. The molecule has 5 nitrogen and oxygen atoms in total. The maximum Gasteiger partial charge on any atom is 0.165 e. The Balaban J connectivity index is 0.000000637. The van der Waals surface area contributed by atoms with E-state index in [-0.39, 0.29) is 0 Å². The first-order valence-electron chi connectivity index (χ1n) is 6.25. The van der Waals surface area contributed by atoms with Gasteiger partial charge in [0.25, 0.3) is 0 Å². The van der Waals surface area contributed by atoms with Crippen LogP contribution in [0.2, 0.25) is 0 Å². The number of aromatic nitrogens is 4. The SMILES string of the molecule is CC.Cn1cnc2c(N)nc(-c3ccccc3)nc21. The number of aryl methyl sites for hydroxylation is 1. The molecule has 2 N–H and O–H groups in total. The van der Waals surface area contributed by atoms with Crippen LogP contribution in [0.4, 0.5) is 5.82 Å². The molecule has 0 saturated carbocycles. The molecular formula is C14H17N5. The van der Waals surface area contributed by atoms with Crippen molar-refractivity contribution >= 4 is 17.0 Å². The summed E-state index contributed by atoms with van der Waals surface area (Å²) in [5, 5.41) is 0. The topological polar surface area (TPSA) is 69.6 Å². The van der Waals surface area contributed by atoms with Crippen molar-refractivity contribution in [3.63, 3.8) is 0 Å². The van der Waals surface area contributed by atoms with Gasteiger partial charge in [0.15, 0.2) is 17.3 Å². The molecule has 0 amide bonds. The molecule has 5 heteroatoms. The van der Waals surface area contributed by atoms with Crippen LogP contribution in [-0.2, 0) is 7.05 Å². The minimum Gasteiger partial charge on any atom is -0.382 e. The maximum absolute atomic E-state index is 5.88. The number of hydrogen-bond donors (Lipinski definition) is 1. The first-order chi connectivity index (χ1) is 9.25. The van der Waals surface area contributed by atoms with Crippen LogP contribution in [0.15, 0.2) is 36.7 Å². The fourth-order valence-electron chi connectivity index (χ4n) is 1.74. The third-order valence-electron chi connectivity index (χ3n) is 2.62. The van der Waals surface area contributed by atoms with E-state index in [1.807, 2.05) is 55.8 Å². The summed E-state index contributed by atoms with van der Waals surface area (Å²) in [6.45, 7) is 4.00. The van der Waals surface area contributed by atoms with E-state index >= 15 is 0 Å². The van der Waals surface area contributed by atoms with Crippen LogP contribution in [-0.4, -0.2) is 19.5 Å². The van der Waals surface area contributed by atoms with Gasteiger partial charge >= 0.3 is 0 Å². The third-order valence-corrected chi connectivity index (χ3v) is 2.62. The summed E-state index contributed by atoms with van der Waals surface area (Å²) >= 11 is 0. The van der Waals surface area contributed by atoms with E-state index in [1.54, 1.807) is 6.33 Å². The van der Waals surface area contributed by atoms with Crippen LogP contribution in [0.25, 0.3) is 22.6 Å². The van der Waals surface area contributed by atoms with E-state index in [9.17, 15) is 0 Å². The molecule has 2 heterocycles. The molecule has 0 aliphatic heterocycles. The molecule has 0 bridgehead atoms. The zero-order valence-corrected chi connectivity index (χ0v) is 11.3. The molecular weight excluding hydrogens is 238 g/mol. The predicted molar refractivity (Wildman–Crippen MR) is 77.5 cm³/mol. The van der Waals surface area contributed by atoms with E-state index in [1.165, 1.54) is 0 Å². The highest BCUT2D eigenvalue weighted by molar-refractivity contribution is 5.83. The van der Waals surface area contributed by atoms with Crippen molar-refractivity contribution in [2.45, 2.75) is 13.8 Å². The molecule has 0 aliphatic carbocycles. The van der Waals surface area contributed by atoms with Gasteiger partial charge < -0.3 is 10.3 Å². The number of hydrogen-bond acceptors (Lipinski definition) is 4. The molecule has 98 valence electrons. The van der Waals surface area contributed by atoms with E-state index in [0.717, 1.165) is 11.2 Å². The number of nitrogens with zero attached hydrogens (tertiary/aromatic N) is 4. The minimum absolute atomic E-state index is 0.412. The fraction of sp³-hybridized carbons (Fsp3) is 0.214. The largest absolute Gasteiger partial charge is 0.382 e.